The number of amides is 3. The molecule has 1 aliphatic rings. The molecule has 0 aromatic carbocycles. The number of carboxylic acids is 1. The van der Waals surface area contributed by atoms with E-state index in [1.165, 1.54) is 23.5 Å². The third kappa shape index (κ3) is 6.22. The Balaban J connectivity index is 2.07. The van der Waals surface area contributed by atoms with Crippen LogP contribution in [0.15, 0.2) is 18.6 Å². The lowest BCUT2D eigenvalue weighted by Gasteiger charge is -2.35. The monoisotopic (exact) mass is 433 g/mol. The molecule has 0 saturated carbocycles. The molecule has 0 aliphatic carbocycles. The Labute approximate surface area is 181 Å². The zero-order chi connectivity index (χ0) is 23.2. The number of carbonyl (C=O) groups is 4. The highest BCUT2D eigenvalue weighted by molar-refractivity contribution is 5.96. The first-order chi connectivity index (χ1) is 14.6. The maximum absolute atomic E-state index is 13.3. The van der Waals surface area contributed by atoms with Gasteiger partial charge in [-0.05, 0) is 24.2 Å². The van der Waals surface area contributed by atoms with Crippen molar-refractivity contribution in [2.45, 2.75) is 59.0 Å². The normalized spacial score (nSPS) is 19.5. The minimum absolute atomic E-state index is 0.0714. The highest BCUT2D eigenvalue weighted by Gasteiger charge is 2.45. The van der Waals surface area contributed by atoms with Crippen LogP contribution in [-0.2, 0) is 14.4 Å². The van der Waals surface area contributed by atoms with Gasteiger partial charge < -0.3 is 20.6 Å². The van der Waals surface area contributed by atoms with Crippen LogP contribution < -0.4 is 10.6 Å². The second kappa shape index (κ2) is 10.3. The summed E-state index contributed by atoms with van der Waals surface area (Å²) < 4.78 is 0. The molecule has 1 saturated heterocycles. The van der Waals surface area contributed by atoms with E-state index in [2.05, 4.69) is 20.6 Å². The Morgan fingerprint density at radius 2 is 1.97 bits per heavy atom. The number of hydrogen-bond acceptors (Lipinski definition) is 6. The summed E-state index contributed by atoms with van der Waals surface area (Å²) in [6.07, 6.45) is 6.25. The molecule has 1 aromatic heterocycles. The largest absolute Gasteiger partial charge is 0.480 e. The fraction of sp³-hybridized carbons (Fsp3) is 0.619. The molecule has 170 valence electrons. The summed E-state index contributed by atoms with van der Waals surface area (Å²) in [6, 6.07) is -1.83. The van der Waals surface area contributed by atoms with E-state index in [-0.39, 0.29) is 18.2 Å². The summed E-state index contributed by atoms with van der Waals surface area (Å²) in [6.45, 7) is 7.36. The number of hydrogen-bond donors (Lipinski definition) is 3. The summed E-state index contributed by atoms with van der Waals surface area (Å²) in [4.78, 5) is 58.7. The quantitative estimate of drug-likeness (QED) is 0.551. The minimum atomic E-state index is -1.03. The molecule has 10 nitrogen and oxygen atoms in total. The van der Waals surface area contributed by atoms with Gasteiger partial charge in [-0.3, -0.25) is 19.4 Å². The van der Waals surface area contributed by atoms with Gasteiger partial charge in [-0.1, -0.05) is 34.1 Å². The average Bonchev–Trinajstić information content (AvgIpc) is 3.14. The molecule has 3 atom stereocenters. The van der Waals surface area contributed by atoms with Crippen LogP contribution in [0.5, 0.6) is 0 Å². The molecule has 1 aromatic rings. The van der Waals surface area contributed by atoms with E-state index in [0.29, 0.717) is 13.0 Å². The van der Waals surface area contributed by atoms with Crippen LogP contribution in [0.3, 0.4) is 0 Å². The maximum Gasteiger partial charge on any atom is 0.326 e. The van der Waals surface area contributed by atoms with Gasteiger partial charge in [-0.15, -0.1) is 0 Å². The van der Waals surface area contributed by atoms with Crippen LogP contribution in [0.4, 0.5) is 0 Å². The molecule has 2 heterocycles. The lowest BCUT2D eigenvalue weighted by atomic mass is 9.85. The zero-order valence-electron chi connectivity index (χ0n) is 18.4. The van der Waals surface area contributed by atoms with Crippen molar-refractivity contribution in [3.05, 3.63) is 24.3 Å². The zero-order valence-corrected chi connectivity index (χ0v) is 18.4. The fourth-order valence-electron chi connectivity index (χ4n) is 3.81. The molecule has 0 radical (unpaired) electrons. The van der Waals surface area contributed by atoms with E-state index in [1.54, 1.807) is 20.8 Å². The second-order valence-corrected chi connectivity index (χ2v) is 8.79. The first kappa shape index (κ1) is 24.2. The van der Waals surface area contributed by atoms with Crippen LogP contribution in [0.1, 0.15) is 57.4 Å². The lowest BCUT2D eigenvalue weighted by Crippen LogP contribution is -2.58. The van der Waals surface area contributed by atoms with E-state index in [0.717, 1.165) is 12.8 Å². The highest BCUT2D eigenvalue weighted by Crippen LogP contribution is 2.31. The van der Waals surface area contributed by atoms with Gasteiger partial charge in [0.05, 0.1) is 12.7 Å². The van der Waals surface area contributed by atoms with Crippen molar-refractivity contribution in [3.8, 4) is 0 Å². The molecule has 3 amide bonds. The van der Waals surface area contributed by atoms with Crippen LogP contribution >= 0.6 is 0 Å². The van der Waals surface area contributed by atoms with Gasteiger partial charge >= 0.3 is 5.97 Å². The summed E-state index contributed by atoms with van der Waals surface area (Å²) in [5.74, 6) is -2.67. The van der Waals surface area contributed by atoms with Crippen LogP contribution in [-0.4, -0.2) is 68.8 Å². The number of aliphatic carboxylic acids is 1. The molecular formula is C21H31N5O5. The second-order valence-electron chi connectivity index (χ2n) is 8.79. The third-order valence-electron chi connectivity index (χ3n) is 5.34. The number of rotatable bonds is 8. The van der Waals surface area contributed by atoms with Crippen LogP contribution in [0.25, 0.3) is 0 Å². The first-order valence-corrected chi connectivity index (χ1v) is 10.4. The molecule has 3 N–H and O–H groups in total. The number of nitrogens with one attached hydrogen (secondary N) is 2. The Bertz CT molecular complexity index is 808. The number of aromatic nitrogens is 2. The molecule has 10 heteroatoms. The first-order valence-electron chi connectivity index (χ1n) is 10.4. The summed E-state index contributed by atoms with van der Waals surface area (Å²) in [7, 11) is 0. The number of nitrogens with zero attached hydrogens (tertiary/aromatic N) is 3. The number of likely N-dealkylation sites (tertiary alicyclic amines) is 1. The van der Waals surface area contributed by atoms with Gasteiger partial charge in [0, 0.05) is 18.9 Å². The molecule has 0 bridgehead atoms. The van der Waals surface area contributed by atoms with Crippen molar-refractivity contribution in [1.29, 1.82) is 0 Å². The Morgan fingerprint density at radius 3 is 2.52 bits per heavy atom. The van der Waals surface area contributed by atoms with E-state index < -0.39 is 41.2 Å². The van der Waals surface area contributed by atoms with Crippen molar-refractivity contribution in [2.24, 2.45) is 11.3 Å². The van der Waals surface area contributed by atoms with Gasteiger partial charge in [-0.2, -0.15) is 0 Å². The van der Waals surface area contributed by atoms with Gasteiger partial charge in [-0.25, -0.2) is 9.78 Å². The predicted molar refractivity (Wildman–Crippen MR) is 112 cm³/mol. The molecule has 1 aliphatic heterocycles. The van der Waals surface area contributed by atoms with Gasteiger partial charge in [0.25, 0.3) is 5.91 Å². The van der Waals surface area contributed by atoms with E-state index in [4.69, 9.17) is 0 Å². The van der Waals surface area contributed by atoms with Crippen LogP contribution in [0, 0.1) is 11.3 Å². The van der Waals surface area contributed by atoms with Crippen molar-refractivity contribution < 1.29 is 24.3 Å². The molecule has 0 spiro atoms. The van der Waals surface area contributed by atoms with E-state index in [1.807, 2.05) is 6.92 Å². The van der Waals surface area contributed by atoms with E-state index >= 15 is 0 Å². The molecule has 2 unspecified atom stereocenters. The van der Waals surface area contributed by atoms with Crippen molar-refractivity contribution in [2.75, 3.05) is 13.1 Å². The summed E-state index contributed by atoms with van der Waals surface area (Å²) in [5.41, 5.74) is -0.588. The number of carbonyl (C=O) groups excluding carboxylic acids is 3. The topological polar surface area (TPSA) is 142 Å². The Morgan fingerprint density at radius 1 is 1.26 bits per heavy atom. The van der Waals surface area contributed by atoms with Crippen molar-refractivity contribution in [1.82, 2.24) is 25.5 Å². The third-order valence-corrected chi connectivity index (χ3v) is 5.34. The van der Waals surface area contributed by atoms with Crippen LogP contribution in [0.2, 0.25) is 0 Å². The van der Waals surface area contributed by atoms with Gasteiger partial charge in [0.15, 0.2) is 0 Å². The molecular weight excluding hydrogens is 402 g/mol. The lowest BCUT2D eigenvalue weighted by molar-refractivity contribution is -0.152. The Kier molecular flexibility index (Phi) is 8.07. The Hall–Kier alpha value is -3.04. The molecule has 2 rings (SSSR count). The fourth-order valence-corrected chi connectivity index (χ4v) is 3.81. The van der Waals surface area contributed by atoms with Gasteiger partial charge in [0.2, 0.25) is 11.8 Å². The van der Waals surface area contributed by atoms with Gasteiger partial charge in [0.1, 0.15) is 17.8 Å². The standard InChI is InChI=1S/C21H31N5O5/c1-5-6-13-7-10-26(16(13)20(30)31)19(29)17(21(2,3)4)25-15(27)12-24-18(28)14-11-22-8-9-23-14/h8-9,11,13,16-17H,5-7,10,12H2,1-4H3,(H,24,28)(H,25,27)(H,30,31)/t13-,16?,17?/m0/s1. The van der Waals surface area contributed by atoms with Crippen molar-refractivity contribution in [3.63, 3.8) is 0 Å². The smallest absolute Gasteiger partial charge is 0.326 e. The van der Waals surface area contributed by atoms with E-state index in [9.17, 15) is 24.3 Å². The highest BCUT2D eigenvalue weighted by atomic mass is 16.4. The molecule has 1 fully saturated rings. The minimum Gasteiger partial charge on any atom is -0.480 e. The number of carboxylic acid groups (broad SMARTS) is 1. The summed E-state index contributed by atoms with van der Waals surface area (Å²) >= 11 is 0. The summed E-state index contributed by atoms with van der Waals surface area (Å²) in [5, 5.41) is 14.8. The maximum atomic E-state index is 13.3. The SMILES string of the molecule is CCC[C@H]1CCN(C(=O)C(NC(=O)CNC(=O)c2cnccn2)C(C)(C)C)C1C(=O)O. The average molecular weight is 434 g/mol. The molecule has 31 heavy (non-hydrogen) atoms. The van der Waals surface area contributed by atoms with Crippen molar-refractivity contribution >= 4 is 23.7 Å². The predicted octanol–water partition coefficient (Wildman–Crippen LogP) is 0.839.